The minimum Gasteiger partial charge on any atom is -0.325 e. The number of nitrogens with two attached hydrogens (primary N) is 1. The van der Waals surface area contributed by atoms with Crippen LogP contribution in [0.1, 0.15) is 11.5 Å². The van der Waals surface area contributed by atoms with Crippen LogP contribution in [0.2, 0.25) is 5.02 Å². The Hall–Kier alpha value is -2.22. The van der Waals surface area contributed by atoms with E-state index in [2.05, 4.69) is 10.3 Å². The third kappa shape index (κ3) is 3.26. The fourth-order valence-corrected chi connectivity index (χ4v) is 2.98. The fourth-order valence-electron chi connectivity index (χ4n) is 2.29. The Labute approximate surface area is 138 Å². The number of carbonyl (C=O) groups is 1. The number of primary sulfonamides is 1. The van der Waals surface area contributed by atoms with E-state index < -0.39 is 15.9 Å². The number of nitrogens with one attached hydrogen (secondary N) is 1. The zero-order chi connectivity index (χ0) is 16.6. The van der Waals surface area contributed by atoms with Gasteiger partial charge in [0.1, 0.15) is 5.92 Å². The molecule has 118 valence electrons. The monoisotopic (exact) mass is 349 g/mol. The molecule has 3 N–H and O–H groups in total. The van der Waals surface area contributed by atoms with Crippen LogP contribution in [-0.4, -0.2) is 20.5 Å². The highest BCUT2D eigenvalue weighted by Gasteiger charge is 2.29. The first kappa shape index (κ1) is 15.7. The highest BCUT2D eigenvalue weighted by molar-refractivity contribution is 7.89. The molecule has 2 aromatic rings. The van der Waals surface area contributed by atoms with Crippen molar-refractivity contribution in [3.8, 4) is 0 Å². The van der Waals surface area contributed by atoms with Crippen LogP contribution in [0.4, 0.5) is 11.4 Å². The van der Waals surface area contributed by atoms with Gasteiger partial charge >= 0.3 is 0 Å². The number of hydrogen-bond donors (Lipinski definition) is 2. The Kier molecular flexibility index (Phi) is 3.93. The predicted molar refractivity (Wildman–Crippen MR) is 88.8 cm³/mol. The van der Waals surface area contributed by atoms with Crippen molar-refractivity contribution in [2.24, 2.45) is 10.1 Å². The van der Waals surface area contributed by atoms with Gasteiger partial charge in [-0.3, -0.25) is 9.79 Å². The quantitative estimate of drug-likeness (QED) is 0.832. The van der Waals surface area contributed by atoms with E-state index >= 15 is 0 Å². The second-order valence-electron chi connectivity index (χ2n) is 5.02. The molecule has 0 radical (unpaired) electrons. The molecule has 1 amide bonds. The number of rotatable bonds is 3. The molecule has 6 nitrogen and oxygen atoms in total. The molecule has 0 bridgehead atoms. The average molecular weight is 350 g/mol. The molecular formula is C15H12ClN3O3S. The minimum absolute atomic E-state index is 0.00665. The molecule has 3 rings (SSSR count). The third-order valence-electron chi connectivity index (χ3n) is 3.43. The molecule has 0 aliphatic carbocycles. The Bertz CT molecular complexity index is 908. The lowest BCUT2D eigenvalue weighted by Crippen LogP contribution is -2.13. The van der Waals surface area contributed by atoms with Gasteiger partial charge in [-0.2, -0.15) is 0 Å². The first-order valence-electron chi connectivity index (χ1n) is 6.62. The Morgan fingerprint density at radius 1 is 1.17 bits per heavy atom. The molecule has 1 unspecified atom stereocenters. The van der Waals surface area contributed by atoms with Gasteiger partial charge in [0, 0.05) is 16.9 Å². The molecule has 0 saturated carbocycles. The first-order chi connectivity index (χ1) is 10.8. The van der Waals surface area contributed by atoms with Crippen molar-refractivity contribution in [2.45, 2.75) is 10.8 Å². The van der Waals surface area contributed by atoms with Crippen LogP contribution in [-0.2, 0) is 14.8 Å². The summed E-state index contributed by atoms with van der Waals surface area (Å²) in [6, 6.07) is 10.9. The smallest absolute Gasteiger partial charge is 0.238 e. The van der Waals surface area contributed by atoms with E-state index in [0.29, 0.717) is 16.4 Å². The molecule has 2 aromatic carbocycles. The number of anilines is 1. The summed E-state index contributed by atoms with van der Waals surface area (Å²) in [5.41, 5.74) is 1.98. The van der Waals surface area contributed by atoms with Gasteiger partial charge in [-0.25, -0.2) is 13.6 Å². The molecule has 8 heteroatoms. The van der Waals surface area contributed by atoms with E-state index in [4.69, 9.17) is 16.7 Å². The molecule has 0 spiro atoms. The second-order valence-corrected chi connectivity index (χ2v) is 7.01. The summed E-state index contributed by atoms with van der Waals surface area (Å²) in [7, 11) is -3.73. The largest absolute Gasteiger partial charge is 0.325 e. The average Bonchev–Trinajstić information content (AvgIpc) is 2.79. The molecule has 0 saturated heterocycles. The molecule has 0 fully saturated rings. The molecule has 1 aliphatic heterocycles. The van der Waals surface area contributed by atoms with Crippen molar-refractivity contribution in [3.05, 3.63) is 53.1 Å². The van der Waals surface area contributed by atoms with E-state index in [1.165, 1.54) is 30.5 Å². The van der Waals surface area contributed by atoms with E-state index in [-0.39, 0.29) is 10.8 Å². The number of sulfonamides is 1. The Balaban J connectivity index is 1.86. The Morgan fingerprint density at radius 3 is 2.52 bits per heavy atom. The topological polar surface area (TPSA) is 102 Å². The van der Waals surface area contributed by atoms with Crippen LogP contribution in [0, 0.1) is 0 Å². The highest BCUT2D eigenvalue weighted by Crippen LogP contribution is 2.33. The van der Waals surface area contributed by atoms with Crippen molar-refractivity contribution in [3.63, 3.8) is 0 Å². The van der Waals surface area contributed by atoms with Gasteiger partial charge in [0.05, 0.1) is 10.6 Å². The summed E-state index contributed by atoms with van der Waals surface area (Å²) in [5.74, 6) is -0.728. The van der Waals surface area contributed by atoms with Crippen molar-refractivity contribution < 1.29 is 13.2 Å². The predicted octanol–water partition coefficient (Wildman–Crippen LogP) is 2.43. The van der Waals surface area contributed by atoms with Crippen molar-refractivity contribution in [1.82, 2.24) is 0 Å². The summed E-state index contributed by atoms with van der Waals surface area (Å²) in [6.45, 7) is 0. The minimum atomic E-state index is -3.73. The molecule has 23 heavy (non-hydrogen) atoms. The van der Waals surface area contributed by atoms with Gasteiger partial charge in [-0.15, -0.1) is 0 Å². The van der Waals surface area contributed by atoms with Crippen LogP contribution in [0.5, 0.6) is 0 Å². The van der Waals surface area contributed by atoms with Crippen LogP contribution in [0.3, 0.4) is 0 Å². The van der Waals surface area contributed by atoms with Crippen LogP contribution < -0.4 is 10.5 Å². The van der Waals surface area contributed by atoms with Gasteiger partial charge in [-0.05, 0) is 48.0 Å². The maximum atomic E-state index is 12.0. The summed E-state index contributed by atoms with van der Waals surface area (Å²) in [5, 5.41) is 8.33. The lowest BCUT2D eigenvalue weighted by Gasteiger charge is -2.03. The summed E-state index contributed by atoms with van der Waals surface area (Å²) >= 11 is 5.96. The van der Waals surface area contributed by atoms with Crippen molar-refractivity contribution in [2.75, 3.05) is 5.32 Å². The summed E-state index contributed by atoms with van der Waals surface area (Å²) in [6.07, 6.45) is 1.50. The molecule has 1 atom stereocenters. The molecule has 0 aromatic heterocycles. The highest BCUT2D eigenvalue weighted by atomic mass is 35.5. The zero-order valence-electron chi connectivity index (χ0n) is 11.7. The first-order valence-corrected chi connectivity index (χ1v) is 8.54. The number of aliphatic imine (C=N–C) groups is 1. The standard InChI is InChI=1S/C15H12ClN3O3S/c16-9-1-6-14-12(7-9)13(15(20)19-14)8-18-10-2-4-11(5-3-10)23(17,21)22/h1-8,13H,(H,19,20)(H2,17,21,22). The Morgan fingerprint density at radius 2 is 1.87 bits per heavy atom. The number of amides is 1. The second kappa shape index (κ2) is 5.77. The van der Waals surface area contributed by atoms with Gasteiger partial charge in [-0.1, -0.05) is 11.6 Å². The van der Waals surface area contributed by atoms with Crippen LogP contribution in [0.25, 0.3) is 0 Å². The van der Waals surface area contributed by atoms with Gasteiger partial charge < -0.3 is 5.32 Å². The van der Waals surface area contributed by atoms with Crippen LogP contribution >= 0.6 is 11.6 Å². The zero-order valence-corrected chi connectivity index (χ0v) is 13.3. The van der Waals surface area contributed by atoms with Gasteiger partial charge in [0.2, 0.25) is 15.9 Å². The lowest BCUT2D eigenvalue weighted by atomic mass is 10.0. The number of carbonyl (C=O) groups excluding carboxylic acids is 1. The van der Waals surface area contributed by atoms with Crippen molar-refractivity contribution >= 4 is 45.1 Å². The van der Waals surface area contributed by atoms with E-state index in [1.54, 1.807) is 18.2 Å². The number of fused-ring (bicyclic) bond motifs is 1. The molecule has 1 aliphatic rings. The fraction of sp³-hybridized carbons (Fsp3) is 0.0667. The van der Waals surface area contributed by atoms with E-state index in [1.807, 2.05) is 0 Å². The number of nitrogens with zero attached hydrogens (tertiary/aromatic N) is 1. The third-order valence-corrected chi connectivity index (χ3v) is 4.59. The maximum absolute atomic E-state index is 12.0. The number of benzene rings is 2. The number of hydrogen-bond acceptors (Lipinski definition) is 4. The maximum Gasteiger partial charge on any atom is 0.238 e. The van der Waals surface area contributed by atoms with E-state index in [0.717, 1.165) is 5.56 Å². The summed E-state index contributed by atoms with van der Waals surface area (Å²) in [4.78, 5) is 16.2. The SMILES string of the molecule is NS(=O)(=O)c1ccc(N=CC2C(=O)Nc3ccc(Cl)cc32)cc1. The summed E-state index contributed by atoms with van der Waals surface area (Å²) < 4.78 is 22.4. The number of halogens is 1. The van der Waals surface area contributed by atoms with Gasteiger partial charge in [0.25, 0.3) is 0 Å². The molecular weight excluding hydrogens is 338 g/mol. The van der Waals surface area contributed by atoms with Crippen molar-refractivity contribution in [1.29, 1.82) is 0 Å². The lowest BCUT2D eigenvalue weighted by molar-refractivity contribution is -0.115. The molecule has 1 heterocycles. The van der Waals surface area contributed by atoms with E-state index in [9.17, 15) is 13.2 Å². The van der Waals surface area contributed by atoms with Gasteiger partial charge in [0.15, 0.2) is 0 Å². The normalized spacial score (nSPS) is 17.3. The van der Waals surface area contributed by atoms with Crippen LogP contribution in [0.15, 0.2) is 52.4 Å².